The molecule has 0 spiro atoms. The normalized spacial score (nSPS) is 9.85. The van der Waals surface area contributed by atoms with Crippen molar-refractivity contribution >= 4 is 11.0 Å². The van der Waals surface area contributed by atoms with Crippen LogP contribution in [0.5, 0.6) is 5.88 Å². The van der Waals surface area contributed by atoms with Crippen molar-refractivity contribution in [2.24, 2.45) is 0 Å². The topological polar surface area (TPSA) is 61.7 Å². The first kappa shape index (κ1) is 7.62. The lowest BCUT2D eigenvalue weighted by Gasteiger charge is -1.99. The van der Waals surface area contributed by atoms with E-state index in [1.807, 2.05) is 6.07 Å². The number of hydrogen-bond acceptors (Lipinski definition) is 3. The van der Waals surface area contributed by atoms with Crippen molar-refractivity contribution < 1.29 is 4.74 Å². The zero-order chi connectivity index (χ0) is 9.26. The second-order valence-corrected chi connectivity index (χ2v) is 2.56. The average Bonchev–Trinajstić information content (AvgIpc) is 2.63. The van der Waals surface area contributed by atoms with Crippen molar-refractivity contribution in [1.29, 1.82) is 5.26 Å². The van der Waals surface area contributed by atoms with Gasteiger partial charge in [0.2, 0.25) is 5.88 Å². The van der Waals surface area contributed by atoms with E-state index < -0.39 is 0 Å². The van der Waals surface area contributed by atoms with Gasteiger partial charge in [0, 0.05) is 17.6 Å². The van der Waals surface area contributed by atoms with Crippen LogP contribution in [0.4, 0.5) is 0 Å². The van der Waals surface area contributed by atoms with E-state index in [2.05, 4.69) is 16.0 Å². The third-order valence-corrected chi connectivity index (χ3v) is 1.83. The highest BCUT2D eigenvalue weighted by molar-refractivity contribution is 5.82. The summed E-state index contributed by atoms with van der Waals surface area (Å²) < 4.78 is 4.95. The Morgan fingerprint density at radius 2 is 2.46 bits per heavy atom. The molecule has 64 valence electrons. The Labute approximate surface area is 74.8 Å². The molecule has 0 aliphatic rings. The van der Waals surface area contributed by atoms with Gasteiger partial charge in [0.1, 0.15) is 11.7 Å². The van der Waals surface area contributed by atoms with E-state index in [4.69, 9.17) is 10.00 Å². The highest BCUT2D eigenvalue weighted by atomic mass is 16.5. The Morgan fingerprint density at radius 1 is 1.62 bits per heavy atom. The number of methoxy groups -OCH3 is 1. The van der Waals surface area contributed by atoms with E-state index >= 15 is 0 Å². The van der Waals surface area contributed by atoms with Crippen LogP contribution in [0.25, 0.3) is 11.0 Å². The number of aromatic nitrogens is 2. The molecule has 13 heavy (non-hydrogen) atoms. The molecule has 2 rings (SSSR count). The van der Waals surface area contributed by atoms with Gasteiger partial charge in [-0.1, -0.05) is 0 Å². The molecule has 0 fully saturated rings. The molecule has 0 radical (unpaired) electrons. The molecule has 0 saturated carbocycles. The molecule has 0 aromatic carbocycles. The molecule has 2 aromatic rings. The number of nitrogens with zero attached hydrogens (tertiary/aromatic N) is 2. The summed E-state index contributed by atoms with van der Waals surface area (Å²) in [6, 6.07) is 5.53. The zero-order valence-corrected chi connectivity index (χ0v) is 7.03. The standard InChI is InChI=1S/C9H7N3O/c1-13-8-4-6(5-10)7-2-3-11-9(7)12-8/h2-4H,1H3,(H,11,12). The lowest BCUT2D eigenvalue weighted by atomic mass is 10.2. The van der Waals surface area contributed by atoms with E-state index in [0.717, 1.165) is 5.39 Å². The summed E-state index contributed by atoms with van der Waals surface area (Å²) in [5.74, 6) is 0.450. The van der Waals surface area contributed by atoms with Crippen molar-refractivity contribution in [3.05, 3.63) is 23.9 Å². The van der Waals surface area contributed by atoms with Crippen molar-refractivity contribution in [3.63, 3.8) is 0 Å². The van der Waals surface area contributed by atoms with Crippen molar-refractivity contribution in [1.82, 2.24) is 9.97 Å². The minimum absolute atomic E-state index is 0.450. The number of pyridine rings is 1. The van der Waals surface area contributed by atoms with E-state index in [1.165, 1.54) is 7.11 Å². The van der Waals surface area contributed by atoms with Crippen molar-refractivity contribution in [2.45, 2.75) is 0 Å². The summed E-state index contributed by atoms with van der Waals surface area (Å²) in [6.07, 6.45) is 1.75. The fourth-order valence-electron chi connectivity index (χ4n) is 1.21. The van der Waals surface area contributed by atoms with Crippen molar-refractivity contribution in [3.8, 4) is 11.9 Å². The summed E-state index contributed by atoms with van der Waals surface area (Å²) in [5.41, 5.74) is 1.25. The van der Waals surface area contributed by atoms with Crippen LogP contribution in [0.2, 0.25) is 0 Å². The van der Waals surface area contributed by atoms with Crippen LogP contribution < -0.4 is 4.74 Å². The Bertz CT molecular complexity index is 481. The van der Waals surface area contributed by atoms with Gasteiger partial charge >= 0.3 is 0 Å². The van der Waals surface area contributed by atoms with Gasteiger partial charge in [0.05, 0.1) is 12.7 Å². The van der Waals surface area contributed by atoms with Crippen LogP contribution in [0.1, 0.15) is 5.56 Å². The summed E-state index contributed by atoms with van der Waals surface area (Å²) >= 11 is 0. The fourth-order valence-corrected chi connectivity index (χ4v) is 1.21. The number of nitriles is 1. The van der Waals surface area contributed by atoms with E-state index in [0.29, 0.717) is 17.1 Å². The van der Waals surface area contributed by atoms with Crippen LogP contribution in [0.15, 0.2) is 18.3 Å². The van der Waals surface area contributed by atoms with E-state index in [-0.39, 0.29) is 0 Å². The minimum atomic E-state index is 0.450. The number of ether oxygens (including phenoxy) is 1. The van der Waals surface area contributed by atoms with Gasteiger partial charge in [-0.25, -0.2) is 0 Å². The summed E-state index contributed by atoms with van der Waals surface area (Å²) in [5, 5.41) is 9.65. The first-order valence-corrected chi connectivity index (χ1v) is 3.77. The molecule has 0 unspecified atom stereocenters. The second kappa shape index (κ2) is 2.79. The summed E-state index contributed by atoms with van der Waals surface area (Å²) in [4.78, 5) is 7.06. The van der Waals surface area contributed by atoms with Gasteiger partial charge in [-0.05, 0) is 6.07 Å². The maximum absolute atomic E-state index is 8.83. The Morgan fingerprint density at radius 3 is 3.15 bits per heavy atom. The van der Waals surface area contributed by atoms with Crippen LogP contribution in [0.3, 0.4) is 0 Å². The molecule has 4 heteroatoms. The average molecular weight is 173 g/mol. The van der Waals surface area contributed by atoms with Crippen LogP contribution >= 0.6 is 0 Å². The third kappa shape index (κ3) is 1.11. The third-order valence-electron chi connectivity index (χ3n) is 1.83. The minimum Gasteiger partial charge on any atom is -0.481 e. The van der Waals surface area contributed by atoms with Gasteiger partial charge in [-0.15, -0.1) is 0 Å². The number of aromatic amines is 1. The van der Waals surface area contributed by atoms with E-state index in [9.17, 15) is 0 Å². The molecule has 2 aromatic heterocycles. The molecular weight excluding hydrogens is 166 g/mol. The molecule has 0 bridgehead atoms. The molecule has 4 nitrogen and oxygen atoms in total. The molecule has 0 amide bonds. The SMILES string of the molecule is COc1cc(C#N)c2cc[nH]c2n1. The van der Waals surface area contributed by atoms with Crippen molar-refractivity contribution in [2.75, 3.05) is 7.11 Å². The van der Waals surface area contributed by atoms with Crippen LogP contribution in [-0.2, 0) is 0 Å². The summed E-state index contributed by atoms with van der Waals surface area (Å²) in [6.45, 7) is 0. The predicted octanol–water partition coefficient (Wildman–Crippen LogP) is 1.44. The van der Waals surface area contributed by atoms with E-state index in [1.54, 1.807) is 12.3 Å². The number of fused-ring (bicyclic) bond motifs is 1. The van der Waals surface area contributed by atoms with Gasteiger partial charge in [0.15, 0.2) is 0 Å². The smallest absolute Gasteiger partial charge is 0.216 e. The summed E-state index contributed by atoms with van der Waals surface area (Å²) in [7, 11) is 1.53. The maximum Gasteiger partial charge on any atom is 0.216 e. The maximum atomic E-state index is 8.83. The van der Waals surface area contributed by atoms with Gasteiger partial charge in [-0.2, -0.15) is 10.2 Å². The lowest BCUT2D eigenvalue weighted by molar-refractivity contribution is 0.399. The molecule has 0 aliphatic heterocycles. The lowest BCUT2D eigenvalue weighted by Crippen LogP contribution is -1.89. The van der Waals surface area contributed by atoms with Crippen LogP contribution in [-0.4, -0.2) is 17.1 Å². The van der Waals surface area contributed by atoms with Crippen LogP contribution in [0, 0.1) is 11.3 Å². The highest BCUT2D eigenvalue weighted by Gasteiger charge is 2.05. The predicted molar refractivity (Wildman–Crippen MR) is 47.4 cm³/mol. The molecule has 2 heterocycles. The first-order chi connectivity index (χ1) is 6.35. The highest BCUT2D eigenvalue weighted by Crippen LogP contribution is 2.19. The van der Waals surface area contributed by atoms with Gasteiger partial charge < -0.3 is 9.72 Å². The Hall–Kier alpha value is -2.02. The number of H-pyrrole nitrogens is 1. The molecular formula is C9H7N3O. The number of nitrogens with one attached hydrogen (secondary N) is 1. The molecule has 1 N–H and O–H groups in total. The monoisotopic (exact) mass is 173 g/mol. The first-order valence-electron chi connectivity index (χ1n) is 3.77. The Balaban J connectivity index is 2.79. The second-order valence-electron chi connectivity index (χ2n) is 2.56. The zero-order valence-electron chi connectivity index (χ0n) is 7.03. The Kier molecular flexibility index (Phi) is 1.64. The number of hydrogen-bond donors (Lipinski definition) is 1. The molecule has 0 aliphatic carbocycles. The molecule has 0 atom stereocenters. The quantitative estimate of drug-likeness (QED) is 0.709. The largest absolute Gasteiger partial charge is 0.481 e. The number of rotatable bonds is 1. The van der Waals surface area contributed by atoms with Gasteiger partial charge in [-0.3, -0.25) is 0 Å². The molecule has 0 saturated heterocycles. The fraction of sp³-hybridized carbons (Fsp3) is 0.111. The van der Waals surface area contributed by atoms with Gasteiger partial charge in [0.25, 0.3) is 0 Å².